The molecule has 0 aliphatic heterocycles. The average Bonchev–Trinajstić information content (AvgIpc) is 3.30. The third-order valence-corrected chi connectivity index (χ3v) is 8.43. The van der Waals surface area contributed by atoms with E-state index in [0.29, 0.717) is 50.4 Å². The lowest BCUT2D eigenvalue weighted by molar-refractivity contribution is -0.140. The Bertz CT molecular complexity index is 1850. The van der Waals surface area contributed by atoms with Gasteiger partial charge in [0.05, 0.1) is 17.1 Å². The van der Waals surface area contributed by atoms with E-state index in [-0.39, 0.29) is 13.0 Å². The third-order valence-electron chi connectivity index (χ3n) is 8.43. The number of aliphatic carboxylic acids is 1. The maximum Gasteiger partial charge on any atom is 0.408 e. The van der Waals surface area contributed by atoms with E-state index in [0.717, 1.165) is 0 Å². The SMILES string of the molecule is CO[C@@H]1c2ncccc2-c2c(c3cc(-c4cccc(C[C@H](NC(=O)OC(C)(C)C)C(=O)O)n4)ccc3n2CC(F)(F)F)C1C(C)(C)CO. The topological polar surface area (TPSA) is 136 Å². The van der Waals surface area contributed by atoms with Crippen molar-refractivity contribution < 1.29 is 42.4 Å². The summed E-state index contributed by atoms with van der Waals surface area (Å²) in [5, 5.41) is 23.2. The Hall–Kier alpha value is -4.49. The van der Waals surface area contributed by atoms with Crippen molar-refractivity contribution in [3.05, 3.63) is 71.7 Å². The van der Waals surface area contributed by atoms with Gasteiger partial charge in [-0.3, -0.25) is 9.97 Å². The van der Waals surface area contributed by atoms with Crippen molar-refractivity contribution in [1.29, 1.82) is 0 Å². The van der Waals surface area contributed by atoms with Crippen LogP contribution < -0.4 is 5.32 Å². The number of alkyl carbamates (subject to hydrolysis) is 1. The second-order valence-electron chi connectivity index (χ2n) is 13.7. The number of fused-ring (bicyclic) bond motifs is 5. The number of hydrogen-bond donors (Lipinski definition) is 3. The van der Waals surface area contributed by atoms with Crippen LogP contribution in [0.3, 0.4) is 0 Å². The Morgan fingerprint density at radius 2 is 1.79 bits per heavy atom. The summed E-state index contributed by atoms with van der Waals surface area (Å²) in [4.78, 5) is 33.5. The number of aromatic nitrogens is 3. The fraction of sp³-hybridized carbons (Fsp3) is 0.429. The highest BCUT2D eigenvalue weighted by Crippen LogP contribution is 2.57. The number of benzene rings is 1. The summed E-state index contributed by atoms with van der Waals surface area (Å²) in [6.45, 7) is 7.16. The van der Waals surface area contributed by atoms with Crippen molar-refractivity contribution in [2.24, 2.45) is 5.41 Å². The fourth-order valence-corrected chi connectivity index (χ4v) is 6.40. The van der Waals surface area contributed by atoms with Gasteiger partial charge in [-0.2, -0.15) is 13.2 Å². The van der Waals surface area contributed by atoms with Crippen molar-refractivity contribution in [1.82, 2.24) is 19.9 Å². The molecule has 0 spiro atoms. The molecule has 3 heterocycles. The van der Waals surface area contributed by atoms with Crippen molar-refractivity contribution >= 4 is 23.0 Å². The molecule has 48 heavy (non-hydrogen) atoms. The van der Waals surface area contributed by atoms with E-state index < -0.39 is 53.9 Å². The highest BCUT2D eigenvalue weighted by molar-refractivity contribution is 5.96. The highest BCUT2D eigenvalue weighted by atomic mass is 19.4. The van der Waals surface area contributed by atoms with Gasteiger partial charge in [-0.1, -0.05) is 26.0 Å². The number of amides is 1. The number of carboxylic acids is 1. The maximum atomic E-state index is 14.2. The number of carbonyl (C=O) groups is 2. The summed E-state index contributed by atoms with van der Waals surface area (Å²) in [5.41, 5.74) is 2.06. The lowest BCUT2D eigenvalue weighted by Gasteiger charge is -2.41. The van der Waals surface area contributed by atoms with Crippen LogP contribution in [-0.2, 0) is 27.2 Å². The highest BCUT2D eigenvalue weighted by Gasteiger charge is 2.47. The van der Waals surface area contributed by atoms with Crippen LogP contribution in [0.1, 0.15) is 63.6 Å². The fourth-order valence-electron chi connectivity index (χ4n) is 6.40. The minimum absolute atomic E-state index is 0.145. The maximum absolute atomic E-state index is 14.2. The molecule has 4 aromatic rings. The van der Waals surface area contributed by atoms with Gasteiger partial charge in [-0.25, -0.2) is 9.59 Å². The monoisotopic (exact) mass is 668 g/mol. The molecule has 3 atom stereocenters. The number of methoxy groups -OCH3 is 1. The van der Waals surface area contributed by atoms with E-state index >= 15 is 0 Å². The normalized spacial score (nSPS) is 17.0. The Balaban J connectivity index is 1.66. The number of rotatable bonds is 9. The van der Waals surface area contributed by atoms with E-state index in [1.807, 2.05) is 13.8 Å². The molecule has 0 saturated heterocycles. The largest absolute Gasteiger partial charge is 0.480 e. The number of aliphatic hydroxyl groups excluding tert-OH is 1. The van der Waals surface area contributed by atoms with Gasteiger partial charge in [-0.15, -0.1) is 0 Å². The summed E-state index contributed by atoms with van der Waals surface area (Å²) in [5.74, 6) is -1.85. The number of pyridine rings is 2. The predicted octanol–water partition coefficient (Wildman–Crippen LogP) is 6.65. The van der Waals surface area contributed by atoms with Crippen LogP contribution in [0, 0.1) is 5.41 Å². The van der Waals surface area contributed by atoms with Gasteiger partial charge in [0.2, 0.25) is 0 Å². The number of aliphatic hydroxyl groups is 1. The smallest absolute Gasteiger partial charge is 0.408 e. The number of halogens is 3. The number of carboxylic acid groups (broad SMARTS) is 1. The van der Waals surface area contributed by atoms with Gasteiger partial charge in [0.1, 0.15) is 24.3 Å². The zero-order valence-electron chi connectivity index (χ0n) is 27.6. The van der Waals surface area contributed by atoms with E-state index in [1.54, 1.807) is 75.5 Å². The molecule has 0 fully saturated rings. The molecule has 3 aromatic heterocycles. The number of alkyl halides is 3. The first-order valence-corrected chi connectivity index (χ1v) is 15.4. The standard InChI is InChI=1S/C35H39F3N4O6/c1-33(2,3)48-32(46)41-24(31(44)45)16-20-9-7-11-23(40-20)19-12-13-25-22(15-19)26-27(34(4,5)18-43)30(47-6)28-21(10-8-14-39-28)29(26)42(25)17-35(36,37)38/h7-15,24,27,30,43H,16-18H2,1-6H3,(H,41,46)(H,44,45)/t24-,27?,30-/m0/s1. The first kappa shape index (κ1) is 34.8. The van der Waals surface area contributed by atoms with Crippen molar-refractivity contribution in [2.75, 3.05) is 13.7 Å². The Morgan fingerprint density at radius 1 is 1.06 bits per heavy atom. The van der Waals surface area contributed by atoms with Crippen LogP contribution in [0.4, 0.5) is 18.0 Å². The first-order valence-electron chi connectivity index (χ1n) is 15.4. The molecule has 1 aliphatic carbocycles. The lowest BCUT2D eigenvalue weighted by Crippen LogP contribution is -2.44. The number of hydrogen-bond acceptors (Lipinski definition) is 7. The van der Waals surface area contributed by atoms with Crippen LogP contribution in [0.5, 0.6) is 0 Å². The quantitative estimate of drug-likeness (QED) is 0.180. The second-order valence-corrected chi connectivity index (χ2v) is 13.7. The molecule has 1 unspecified atom stereocenters. The Labute approximate surface area is 275 Å². The minimum atomic E-state index is -4.54. The summed E-state index contributed by atoms with van der Waals surface area (Å²) in [7, 11) is 1.52. The van der Waals surface area contributed by atoms with E-state index in [9.17, 15) is 33.0 Å². The minimum Gasteiger partial charge on any atom is -0.480 e. The molecule has 1 aromatic carbocycles. The third kappa shape index (κ3) is 7.02. The first-order chi connectivity index (χ1) is 22.4. The van der Waals surface area contributed by atoms with Crippen LogP contribution in [0.15, 0.2) is 54.7 Å². The summed E-state index contributed by atoms with van der Waals surface area (Å²) in [6.07, 6.45) is -4.64. The molecule has 0 saturated carbocycles. The van der Waals surface area contributed by atoms with Gasteiger partial charge in [-0.05, 0) is 68.1 Å². The van der Waals surface area contributed by atoms with E-state index in [1.165, 1.54) is 11.7 Å². The molecular formula is C35H39F3N4O6. The van der Waals surface area contributed by atoms with E-state index in [4.69, 9.17) is 9.47 Å². The average molecular weight is 669 g/mol. The van der Waals surface area contributed by atoms with Crippen LogP contribution in [0.25, 0.3) is 33.4 Å². The van der Waals surface area contributed by atoms with Crippen molar-refractivity contribution in [3.63, 3.8) is 0 Å². The summed E-state index contributed by atoms with van der Waals surface area (Å²) in [6, 6.07) is 12.2. The van der Waals surface area contributed by atoms with Gasteiger partial charge < -0.3 is 29.6 Å². The van der Waals surface area contributed by atoms with Crippen LogP contribution in [-0.4, -0.2) is 68.3 Å². The molecule has 3 N–H and O–H groups in total. The Morgan fingerprint density at radius 3 is 2.42 bits per heavy atom. The zero-order chi connectivity index (χ0) is 35.2. The zero-order valence-corrected chi connectivity index (χ0v) is 27.6. The van der Waals surface area contributed by atoms with Crippen molar-refractivity contribution in [2.45, 2.75) is 77.4 Å². The number of nitrogens with zero attached hydrogens (tertiary/aromatic N) is 3. The lowest BCUT2D eigenvalue weighted by atomic mass is 9.67. The molecule has 1 amide bonds. The molecule has 13 heteroatoms. The number of carbonyl (C=O) groups excluding carboxylic acids is 1. The van der Waals surface area contributed by atoms with Gasteiger partial charge >= 0.3 is 18.2 Å². The molecule has 256 valence electrons. The number of nitrogens with one attached hydrogen (secondary N) is 1. The molecule has 1 aliphatic rings. The van der Waals surface area contributed by atoms with Crippen molar-refractivity contribution in [3.8, 4) is 22.5 Å². The molecule has 10 nitrogen and oxygen atoms in total. The summed E-state index contributed by atoms with van der Waals surface area (Å²) >= 11 is 0. The predicted molar refractivity (Wildman–Crippen MR) is 172 cm³/mol. The summed E-state index contributed by atoms with van der Waals surface area (Å²) < 4.78 is 54.9. The second kappa shape index (κ2) is 12.8. The number of ether oxygens (including phenoxy) is 2. The molecular weight excluding hydrogens is 629 g/mol. The molecule has 5 rings (SSSR count). The van der Waals surface area contributed by atoms with Gasteiger partial charge in [0.15, 0.2) is 0 Å². The Kier molecular flexibility index (Phi) is 9.32. The van der Waals surface area contributed by atoms with Crippen LogP contribution in [0.2, 0.25) is 0 Å². The van der Waals surface area contributed by atoms with E-state index in [2.05, 4.69) is 15.3 Å². The van der Waals surface area contributed by atoms with Crippen LogP contribution >= 0.6 is 0 Å². The molecule has 0 bridgehead atoms. The molecule has 0 radical (unpaired) electrons. The van der Waals surface area contributed by atoms with Gasteiger partial charge in [0.25, 0.3) is 0 Å². The van der Waals surface area contributed by atoms with Gasteiger partial charge in [0, 0.05) is 60.0 Å².